The Labute approximate surface area is 117 Å². The van der Waals surface area contributed by atoms with E-state index in [4.69, 9.17) is 0 Å². The molecule has 20 heavy (non-hydrogen) atoms. The Bertz CT molecular complexity index is 425. The molecule has 2 aliphatic rings. The average Bonchev–Trinajstić information content (AvgIpc) is 2.77. The number of rotatable bonds is 5. The molecule has 2 rings (SSSR count). The minimum absolute atomic E-state index is 0.0807. The maximum atomic E-state index is 12.0. The highest BCUT2D eigenvalue weighted by Crippen LogP contribution is 2.20. The van der Waals surface area contributed by atoms with Crippen LogP contribution < -0.4 is 10.6 Å². The van der Waals surface area contributed by atoms with Crippen molar-refractivity contribution in [2.45, 2.75) is 32.0 Å². The molecule has 0 radical (unpaired) electrons. The number of amides is 3. The van der Waals surface area contributed by atoms with Crippen molar-refractivity contribution in [1.82, 2.24) is 20.4 Å². The van der Waals surface area contributed by atoms with Crippen LogP contribution in [0.1, 0.15) is 19.8 Å². The number of β-amino-alcohol motifs (C(OH)–C–C–N with tert-alkyl or cyclic N) is 1. The van der Waals surface area contributed by atoms with Gasteiger partial charge in [0.25, 0.3) is 5.91 Å². The van der Waals surface area contributed by atoms with Gasteiger partial charge in [-0.1, -0.05) is 13.3 Å². The normalized spacial score (nSPS) is 27.6. The number of carbonyl (C=O) groups excluding carboxylic acids is 2. The Kier molecular flexibility index (Phi) is 4.43. The summed E-state index contributed by atoms with van der Waals surface area (Å²) < 4.78 is 0. The zero-order chi connectivity index (χ0) is 14.7. The summed E-state index contributed by atoms with van der Waals surface area (Å²) in [6.07, 6.45) is 1.54. The minimum Gasteiger partial charge on any atom is -0.395 e. The predicted molar refractivity (Wildman–Crippen MR) is 73.0 cm³/mol. The number of unbranched alkanes of at least 4 members (excludes halogenated alkanes) is 1. The molecule has 8 heteroatoms. The number of fused-ring (bicyclic) bond motifs is 1. The van der Waals surface area contributed by atoms with Crippen molar-refractivity contribution in [1.29, 1.82) is 0 Å². The Morgan fingerprint density at radius 3 is 2.80 bits per heavy atom. The van der Waals surface area contributed by atoms with E-state index in [-0.39, 0.29) is 12.5 Å². The lowest BCUT2D eigenvalue weighted by molar-refractivity contribution is -0.127. The minimum atomic E-state index is -0.551. The molecule has 2 aliphatic heterocycles. The van der Waals surface area contributed by atoms with Crippen molar-refractivity contribution >= 4 is 17.9 Å². The second kappa shape index (κ2) is 6.08. The van der Waals surface area contributed by atoms with Gasteiger partial charge in [0.2, 0.25) is 0 Å². The lowest BCUT2D eigenvalue weighted by atomic mass is 10.1. The topological polar surface area (TPSA) is 97.3 Å². The Morgan fingerprint density at radius 1 is 1.40 bits per heavy atom. The third kappa shape index (κ3) is 2.55. The maximum absolute atomic E-state index is 12.0. The largest absolute Gasteiger partial charge is 0.395 e. The summed E-state index contributed by atoms with van der Waals surface area (Å²) in [5.41, 5.74) is 0. The molecule has 0 spiro atoms. The van der Waals surface area contributed by atoms with Crippen LogP contribution >= 0.6 is 0 Å². The zero-order valence-electron chi connectivity index (χ0n) is 11.8. The van der Waals surface area contributed by atoms with Crippen molar-refractivity contribution in [3.05, 3.63) is 0 Å². The van der Waals surface area contributed by atoms with Crippen LogP contribution in [0.25, 0.3) is 0 Å². The van der Waals surface area contributed by atoms with Crippen LogP contribution in [0.3, 0.4) is 0 Å². The molecule has 0 aromatic rings. The third-order valence-corrected chi connectivity index (χ3v) is 3.53. The quantitative estimate of drug-likeness (QED) is 0.557. The van der Waals surface area contributed by atoms with Crippen molar-refractivity contribution in [3.63, 3.8) is 0 Å². The Balaban J connectivity index is 2.22. The van der Waals surface area contributed by atoms with Gasteiger partial charge in [-0.25, -0.2) is 4.79 Å². The number of imide groups is 1. The molecule has 0 aromatic heterocycles. The standard InChI is InChI=1S/C12H21N5O3/c1-3-4-5-13-11-14-9-8(17(11)6-7-18)10(19)15-12(20)16(9)2/h8-9,18H,3-7H2,1-2H3,(H,13,14)(H,15,19,20). The molecule has 8 nitrogen and oxygen atoms in total. The molecule has 2 heterocycles. The summed E-state index contributed by atoms with van der Waals surface area (Å²) in [6, 6.07) is -0.979. The van der Waals surface area contributed by atoms with Crippen LogP contribution in [0.2, 0.25) is 0 Å². The number of guanidine groups is 1. The molecule has 2 unspecified atom stereocenters. The van der Waals surface area contributed by atoms with Gasteiger partial charge in [0.1, 0.15) is 6.17 Å². The number of nitrogens with zero attached hydrogens (tertiary/aromatic N) is 3. The SMILES string of the molecule is CCCCN=C1NC2C(C(=O)NC(=O)N2C)N1CCO. The highest BCUT2D eigenvalue weighted by Gasteiger charge is 2.49. The first kappa shape index (κ1) is 14.6. The van der Waals surface area contributed by atoms with Gasteiger partial charge in [0, 0.05) is 20.1 Å². The van der Waals surface area contributed by atoms with E-state index in [1.807, 2.05) is 0 Å². The molecule has 0 bridgehead atoms. The summed E-state index contributed by atoms with van der Waals surface area (Å²) in [5, 5.41) is 14.6. The number of aliphatic hydroxyl groups is 1. The number of likely N-dealkylation sites (N-methyl/N-ethyl adjacent to an activating group) is 1. The molecule has 2 saturated heterocycles. The fraction of sp³-hybridized carbons (Fsp3) is 0.750. The van der Waals surface area contributed by atoms with Crippen LogP contribution in [0, 0.1) is 0 Å². The van der Waals surface area contributed by atoms with Crippen molar-refractivity contribution in [2.75, 3.05) is 26.7 Å². The molecule has 112 valence electrons. The van der Waals surface area contributed by atoms with Crippen LogP contribution in [-0.4, -0.2) is 71.8 Å². The molecule has 0 saturated carbocycles. The fourth-order valence-corrected chi connectivity index (χ4v) is 2.42. The van der Waals surface area contributed by atoms with Gasteiger partial charge < -0.3 is 20.2 Å². The van der Waals surface area contributed by atoms with Crippen LogP contribution in [0.4, 0.5) is 4.79 Å². The first-order chi connectivity index (χ1) is 9.60. The van der Waals surface area contributed by atoms with Gasteiger partial charge in [-0.3, -0.25) is 15.1 Å². The van der Waals surface area contributed by atoms with Crippen LogP contribution in [0.5, 0.6) is 0 Å². The maximum Gasteiger partial charge on any atom is 0.325 e. The first-order valence-corrected chi connectivity index (χ1v) is 6.86. The first-order valence-electron chi connectivity index (χ1n) is 6.86. The highest BCUT2D eigenvalue weighted by molar-refractivity contribution is 6.04. The van der Waals surface area contributed by atoms with Gasteiger partial charge in [0.05, 0.1) is 6.61 Å². The average molecular weight is 283 g/mol. The second-order valence-electron chi connectivity index (χ2n) is 4.92. The number of hydrogen-bond donors (Lipinski definition) is 3. The Hall–Kier alpha value is -1.83. The van der Waals surface area contributed by atoms with Gasteiger partial charge in [0.15, 0.2) is 12.0 Å². The zero-order valence-corrected chi connectivity index (χ0v) is 11.8. The summed E-state index contributed by atoms with van der Waals surface area (Å²) in [5.74, 6) is 0.207. The van der Waals surface area contributed by atoms with Crippen molar-refractivity contribution in [2.24, 2.45) is 4.99 Å². The molecule has 3 N–H and O–H groups in total. The van der Waals surface area contributed by atoms with E-state index in [0.717, 1.165) is 12.8 Å². The molecule has 0 aliphatic carbocycles. The number of hydrogen-bond acceptors (Lipinski definition) is 4. The van der Waals surface area contributed by atoms with E-state index in [2.05, 4.69) is 22.5 Å². The lowest BCUT2D eigenvalue weighted by Crippen LogP contribution is -2.65. The van der Waals surface area contributed by atoms with Crippen molar-refractivity contribution in [3.8, 4) is 0 Å². The van der Waals surface area contributed by atoms with E-state index < -0.39 is 18.2 Å². The smallest absolute Gasteiger partial charge is 0.325 e. The van der Waals surface area contributed by atoms with Crippen molar-refractivity contribution < 1.29 is 14.7 Å². The van der Waals surface area contributed by atoms with E-state index >= 15 is 0 Å². The molecular weight excluding hydrogens is 262 g/mol. The Morgan fingerprint density at radius 2 is 2.15 bits per heavy atom. The summed E-state index contributed by atoms with van der Waals surface area (Å²) in [6.45, 7) is 2.95. The number of urea groups is 1. The predicted octanol–water partition coefficient (Wildman–Crippen LogP) is -1.08. The summed E-state index contributed by atoms with van der Waals surface area (Å²) in [7, 11) is 1.62. The number of carbonyl (C=O) groups is 2. The number of aliphatic imine (C=N–C) groups is 1. The van der Waals surface area contributed by atoms with E-state index in [1.54, 1.807) is 11.9 Å². The van der Waals surface area contributed by atoms with E-state index in [1.165, 1.54) is 4.90 Å². The van der Waals surface area contributed by atoms with Gasteiger partial charge in [-0.05, 0) is 6.42 Å². The molecule has 2 atom stereocenters. The lowest BCUT2D eigenvalue weighted by Gasteiger charge is -2.35. The number of nitrogens with one attached hydrogen (secondary N) is 2. The highest BCUT2D eigenvalue weighted by atomic mass is 16.3. The monoisotopic (exact) mass is 283 g/mol. The molecule has 0 aromatic carbocycles. The van der Waals surface area contributed by atoms with Gasteiger partial charge >= 0.3 is 6.03 Å². The fourth-order valence-electron chi connectivity index (χ4n) is 2.42. The second-order valence-corrected chi connectivity index (χ2v) is 4.92. The van der Waals surface area contributed by atoms with Crippen LogP contribution in [0.15, 0.2) is 4.99 Å². The summed E-state index contributed by atoms with van der Waals surface area (Å²) in [4.78, 5) is 31.2. The molecular formula is C12H21N5O3. The van der Waals surface area contributed by atoms with Gasteiger partial charge in [-0.2, -0.15) is 0 Å². The van der Waals surface area contributed by atoms with E-state index in [9.17, 15) is 14.7 Å². The van der Waals surface area contributed by atoms with E-state index in [0.29, 0.717) is 19.0 Å². The third-order valence-electron chi connectivity index (χ3n) is 3.53. The number of aliphatic hydroxyl groups excluding tert-OH is 1. The molecule has 2 fully saturated rings. The summed E-state index contributed by atoms with van der Waals surface area (Å²) >= 11 is 0. The van der Waals surface area contributed by atoms with Crippen LogP contribution in [-0.2, 0) is 4.79 Å². The van der Waals surface area contributed by atoms with Gasteiger partial charge in [-0.15, -0.1) is 0 Å². The molecule has 3 amide bonds.